The van der Waals surface area contributed by atoms with Gasteiger partial charge >= 0.3 is 0 Å². The quantitative estimate of drug-likeness (QED) is 0.865. The fraction of sp³-hybridized carbons (Fsp3) is 0.182. The number of methoxy groups -OCH3 is 2. The second-order valence-electron chi connectivity index (χ2n) is 3.33. The molecule has 0 saturated heterocycles. The van der Waals surface area contributed by atoms with Gasteiger partial charge in [0.05, 0.1) is 19.8 Å². The number of ether oxygens (including phenoxy) is 2. The third kappa shape index (κ3) is 2.45. The molecule has 2 rings (SSSR count). The average Bonchev–Trinajstić information content (AvgIpc) is 2.37. The first-order chi connectivity index (χ1) is 8.63. The predicted octanol–water partition coefficient (Wildman–Crippen LogP) is 2.36. The molecule has 0 radical (unpaired) electrons. The number of benzene rings is 1. The second kappa shape index (κ2) is 5.09. The third-order valence-corrected chi connectivity index (χ3v) is 2.44. The predicted molar refractivity (Wildman–Crippen MR) is 65.7 cm³/mol. The fourth-order valence-electron chi connectivity index (χ4n) is 1.40. The van der Waals surface area contributed by atoms with Crippen molar-refractivity contribution in [2.75, 3.05) is 14.2 Å². The van der Waals surface area contributed by atoms with Crippen LogP contribution in [0.4, 0.5) is 4.39 Å². The van der Waals surface area contributed by atoms with E-state index in [-0.39, 0.29) is 22.2 Å². The molecule has 0 spiro atoms. The maximum absolute atomic E-state index is 13.9. The maximum Gasteiger partial charge on any atom is 0.297 e. The highest BCUT2D eigenvalue weighted by Crippen LogP contribution is 2.24. The molecule has 1 heterocycles. The molecule has 0 aliphatic rings. The summed E-state index contributed by atoms with van der Waals surface area (Å²) in [6.07, 6.45) is 0. The Morgan fingerprint density at radius 2 is 2.00 bits per heavy atom. The standard InChI is InChI=1S/C11H10FN3O2S/c1-16-6-3-4-7(8(12)5-6)9-13-10(17-2)15-11(18)14-9/h3-5H,1-2H3,(H,13,14,15,18). The number of aromatic nitrogens is 3. The van der Waals surface area contributed by atoms with E-state index >= 15 is 0 Å². The normalized spacial score (nSPS) is 10.2. The number of hydrogen-bond acceptors (Lipinski definition) is 5. The fourth-order valence-corrected chi connectivity index (χ4v) is 1.58. The smallest absolute Gasteiger partial charge is 0.297 e. The molecule has 0 amide bonds. The largest absolute Gasteiger partial charge is 0.497 e. The summed E-state index contributed by atoms with van der Waals surface area (Å²) in [5, 5.41) is 0. The Balaban J connectivity index is 2.54. The van der Waals surface area contributed by atoms with Gasteiger partial charge in [0, 0.05) is 6.07 Å². The number of nitrogens with zero attached hydrogens (tertiary/aromatic N) is 2. The Kier molecular flexibility index (Phi) is 3.52. The van der Waals surface area contributed by atoms with Gasteiger partial charge in [-0.15, -0.1) is 0 Å². The van der Waals surface area contributed by atoms with Gasteiger partial charge in [-0.25, -0.2) is 9.37 Å². The van der Waals surface area contributed by atoms with Crippen LogP contribution >= 0.6 is 12.2 Å². The van der Waals surface area contributed by atoms with Crippen LogP contribution in [0.25, 0.3) is 11.4 Å². The molecular formula is C11H10FN3O2S. The van der Waals surface area contributed by atoms with Crippen LogP contribution in [0.3, 0.4) is 0 Å². The summed E-state index contributed by atoms with van der Waals surface area (Å²) in [4.78, 5) is 10.5. The first kappa shape index (κ1) is 12.4. The highest BCUT2D eigenvalue weighted by Gasteiger charge is 2.10. The van der Waals surface area contributed by atoms with Crippen LogP contribution < -0.4 is 9.47 Å². The van der Waals surface area contributed by atoms with E-state index in [2.05, 4.69) is 15.0 Å². The van der Waals surface area contributed by atoms with E-state index < -0.39 is 5.82 Å². The van der Waals surface area contributed by atoms with E-state index in [1.54, 1.807) is 12.1 Å². The van der Waals surface area contributed by atoms with Crippen LogP contribution in [0, 0.1) is 10.6 Å². The molecule has 0 aliphatic heterocycles. The number of halogens is 1. The summed E-state index contributed by atoms with van der Waals surface area (Å²) in [6, 6.07) is 4.62. The molecule has 94 valence electrons. The lowest BCUT2D eigenvalue weighted by atomic mass is 10.2. The minimum absolute atomic E-state index is 0.0795. The van der Waals surface area contributed by atoms with Gasteiger partial charge in [0.1, 0.15) is 17.4 Å². The molecule has 1 aromatic carbocycles. The van der Waals surface area contributed by atoms with E-state index in [0.717, 1.165) is 0 Å². The lowest BCUT2D eigenvalue weighted by molar-refractivity contribution is 0.378. The van der Waals surface area contributed by atoms with Crippen LogP contribution in [0.15, 0.2) is 18.2 Å². The van der Waals surface area contributed by atoms with Gasteiger partial charge in [0.15, 0.2) is 0 Å². The number of hydrogen-bond donors (Lipinski definition) is 1. The van der Waals surface area contributed by atoms with E-state index in [9.17, 15) is 4.39 Å². The lowest BCUT2D eigenvalue weighted by Crippen LogP contribution is -1.99. The van der Waals surface area contributed by atoms with Crippen molar-refractivity contribution >= 4 is 12.2 Å². The average molecular weight is 267 g/mol. The van der Waals surface area contributed by atoms with Crippen molar-refractivity contribution in [1.82, 2.24) is 15.0 Å². The zero-order valence-electron chi connectivity index (χ0n) is 9.73. The summed E-state index contributed by atoms with van der Waals surface area (Å²) in [5.74, 6) is 0.212. The van der Waals surface area contributed by atoms with Gasteiger partial charge in [0.2, 0.25) is 4.77 Å². The summed E-state index contributed by atoms with van der Waals surface area (Å²) >= 11 is 4.88. The number of nitrogens with one attached hydrogen (secondary N) is 1. The molecule has 0 unspecified atom stereocenters. The van der Waals surface area contributed by atoms with Crippen molar-refractivity contribution < 1.29 is 13.9 Å². The van der Waals surface area contributed by atoms with E-state index in [4.69, 9.17) is 21.7 Å². The minimum Gasteiger partial charge on any atom is -0.497 e. The summed E-state index contributed by atoms with van der Waals surface area (Å²) in [7, 11) is 2.90. The Morgan fingerprint density at radius 1 is 1.22 bits per heavy atom. The summed E-state index contributed by atoms with van der Waals surface area (Å²) < 4.78 is 23.8. The molecule has 0 bridgehead atoms. The Bertz CT molecular complexity index is 630. The van der Waals surface area contributed by atoms with Gasteiger partial charge in [0.25, 0.3) is 6.01 Å². The van der Waals surface area contributed by atoms with Crippen LogP contribution in [0.1, 0.15) is 0 Å². The van der Waals surface area contributed by atoms with Gasteiger partial charge in [-0.1, -0.05) is 0 Å². The van der Waals surface area contributed by atoms with Crippen molar-refractivity contribution in [3.8, 4) is 23.1 Å². The lowest BCUT2D eigenvalue weighted by Gasteiger charge is -2.06. The Labute approximate surface area is 108 Å². The number of rotatable bonds is 3. The summed E-state index contributed by atoms with van der Waals surface area (Å²) in [6.45, 7) is 0. The molecule has 5 nitrogen and oxygen atoms in total. The van der Waals surface area contributed by atoms with Gasteiger partial charge in [-0.3, -0.25) is 4.98 Å². The van der Waals surface area contributed by atoms with Crippen LogP contribution in [0.2, 0.25) is 0 Å². The van der Waals surface area contributed by atoms with Crippen molar-refractivity contribution in [2.45, 2.75) is 0 Å². The molecule has 7 heteroatoms. The number of aromatic amines is 1. The van der Waals surface area contributed by atoms with Crippen molar-refractivity contribution in [2.24, 2.45) is 0 Å². The van der Waals surface area contributed by atoms with Crippen molar-refractivity contribution in [3.05, 3.63) is 28.8 Å². The molecule has 1 N–H and O–H groups in total. The first-order valence-electron chi connectivity index (χ1n) is 5.00. The zero-order valence-corrected chi connectivity index (χ0v) is 10.5. The topological polar surface area (TPSA) is 60.0 Å². The molecule has 1 aromatic heterocycles. The maximum atomic E-state index is 13.9. The summed E-state index contributed by atoms with van der Waals surface area (Å²) in [5.41, 5.74) is 0.266. The molecule has 0 atom stereocenters. The van der Waals surface area contributed by atoms with E-state index in [1.165, 1.54) is 20.3 Å². The zero-order chi connectivity index (χ0) is 13.1. The van der Waals surface area contributed by atoms with Crippen molar-refractivity contribution in [1.29, 1.82) is 0 Å². The van der Waals surface area contributed by atoms with E-state index in [0.29, 0.717) is 5.75 Å². The second-order valence-corrected chi connectivity index (χ2v) is 3.70. The minimum atomic E-state index is -0.472. The SMILES string of the molecule is COc1ccc(-c2nc(=S)nc(OC)[nH]2)c(F)c1. The molecule has 0 fully saturated rings. The van der Waals surface area contributed by atoms with Crippen LogP contribution in [0.5, 0.6) is 11.8 Å². The highest BCUT2D eigenvalue weighted by molar-refractivity contribution is 7.71. The van der Waals surface area contributed by atoms with Crippen LogP contribution in [-0.2, 0) is 0 Å². The molecule has 0 saturated carbocycles. The molecule has 18 heavy (non-hydrogen) atoms. The van der Waals surface area contributed by atoms with Crippen LogP contribution in [-0.4, -0.2) is 29.2 Å². The number of H-pyrrole nitrogens is 1. The van der Waals surface area contributed by atoms with Gasteiger partial charge < -0.3 is 9.47 Å². The highest BCUT2D eigenvalue weighted by atomic mass is 32.1. The van der Waals surface area contributed by atoms with Crippen molar-refractivity contribution in [3.63, 3.8) is 0 Å². The first-order valence-corrected chi connectivity index (χ1v) is 5.41. The molecule has 0 aliphatic carbocycles. The third-order valence-electron chi connectivity index (χ3n) is 2.25. The monoisotopic (exact) mass is 267 g/mol. The Hall–Kier alpha value is -2.02. The van der Waals surface area contributed by atoms with Gasteiger partial charge in [-0.05, 0) is 24.4 Å². The molecule has 2 aromatic rings. The molecular weight excluding hydrogens is 257 g/mol. The van der Waals surface area contributed by atoms with E-state index in [1.807, 2.05) is 0 Å². The Morgan fingerprint density at radius 3 is 2.61 bits per heavy atom. The van der Waals surface area contributed by atoms with Gasteiger partial charge in [-0.2, -0.15) is 4.98 Å².